The highest BCUT2D eigenvalue weighted by Gasteiger charge is 2.37. The Morgan fingerprint density at radius 1 is 0.981 bits per heavy atom. The number of amides is 3. The number of aromatic nitrogens is 1. The average Bonchev–Trinajstić information content (AvgIpc) is 3.57. The van der Waals surface area contributed by atoms with Crippen LogP contribution >= 0.6 is 11.3 Å². The third-order valence-electron chi connectivity index (χ3n) is 9.16. The molecule has 4 atom stereocenters. The number of β-amino-alcohol motifs (C(OH)–C–C–N with tert-alkyl or cyclic N) is 1. The standard InChI is InChI=1S/C40H58N6O5S/c1-27(2)32(21-41-39(50)51-25-31-26-52-38(42-31)28(3)4)36(48)43-33(20-29-14-10-8-11-15-29)35(47)24-46-19-18-45(22-30-16-12-9-13-17-30)23-34(46)37(49)44-40(5,6)7/h8-17,26-28,32-35,47H,18-25H2,1-7H3,(H,41,50)(H,43,48)(H,44,49)/t32-,33-,34-,35+/m1/s1. The number of nitrogens with one attached hydrogen (secondary N) is 3. The Morgan fingerprint density at radius 3 is 2.23 bits per heavy atom. The first kappa shape index (κ1) is 40.9. The van der Waals surface area contributed by atoms with Crippen LogP contribution in [0, 0.1) is 11.8 Å². The van der Waals surface area contributed by atoms with Crippen molar-refractivity contribution in [2.75, 3.05) is 32.7 Å². The molecule has 0 unspecified atom stereocenters. The van der Waals surface area contributed by atoms with Gasteiger partial charge in [0.1, 0.15) is 12.6 Å². The maximum atomic E-state index is 13.9. The van der Waals surface area contributed by atoms with E-state index in [1.54, 1.807) is 0 Å². The summed E-state index contributed by atoms with van der Waals surface area (Å²) >= 11 is 1.54. The Labute approximate surface area is 313 Å². The molecule has 4 N–H and O–H groups in total. The number of hydrogen-bond donors (Lipinski definition) is 4. The van der Waals surface area contributed by atoms with Crippen LogP contribution in [0.1, 0.15) is 76.2 Å². The normalized spacial score (nSPS) is 17.4. The van der Waals surface area contributed by atoms with Crippen molar-refractivity contribution in [2.24, 2.45) is 11.8 Å². The van der Waals surface area contributed by atoms with Crippen molar-refractivity contribution in [3.05, 3.63) is 87.9 Å². The topological polar surface area (TPSA) is 136 Å². The molecule has 12 heteroatoms. The van der Waals surface area contributed by atoms with Gasteiger partial charge in [0.25, 0.3) is 0 Å². The molecule has 0 saturated carbocycles. The molecule has 284 valence electrons. The Morgan fingerprint density at radius 2 is 1.63 bits per heavy atom. The Balaban J connectivity index is 1.44. The molecule has 2 aromatic carbocycles. The third kappa shape index (κ3) is 13.0. The minimum absolute atomic E-state index is 0.0498. The lowest BCUT2D eigenvalue weighted by atomic mass is 9.93. The van der Waals surface area contributed by atoms with E-state index in [0.29, 0.717) is 31.1 Å². The van der Waals surface area contributed by atoms with Crippen LogP contribution in [0.3, 0.4) is 0 Å². The molecule has 11 nitrogen and oxygen atoms in total. The zero-order chi connectivity index (χ0) is 37.8. The molecule has 4 rings (SSSR count). The zero-order valence-electron chi connectivity index (χ0n) is 31.8. The predicted octanol–water partition coefficient (Wildman–Crippen LogP) is 4.95. The van der Waals surface area contributed by atoms with Crippen molar-refractivity contribution in [1.82, 2.24) is 30.7 Å². The summed E-state index contributed by atoms with van der Waals surface area (Å²) in [5, 5.41) is 23.8. The van der Waals surface area contributed by atoms with Crippen LogP contribution in [0.25, 0.3) is 0 Å². The van der Waals surface area contributed by atoms with E-state index in [0.717, 1.165) is 23.7 Å². The van der Waals surface area contributed by atoms with Crippen molar-refractivity contribution in [1.29, 1.82) is 0 Å². The van der Waals surface area contributed by atoms with Crippen molar-refractivity contribution >= 4 is 29.2 Å². The molecule has 1 aromatic heterocycles. The fourth-order valence-corrected chi connectivity index (χ4v) is 7.08. The van der Waals surface area contributed by atoms with E-state index in [-0.39, 0.29) is 37.4 Å². The van der Waals surface area contributed by atoms with E-state index in [9.17, 15) is 19.5 Å². The first-order valence-corrected chi connectivity index (χ1v) is 19.3. The van der Waals surface area contributed by atoms with Gasteiger partial charge in [-0.3, -0.25) is 19.4 Å². The number of rotatable bonds is 16. The van der Waals surface area contributed by atoms with Crippen LogP contribution < -0.4 is 16.0 Å². The largest absolute Gasteiger partial charge is 0.443 e. The number of hydrogen-bond acceptors (Lipinski definition) is 9. The highest BCUT2D eigenvalue weighted by molar-refractivity contribution is 7.09. The minimum Gasteiger partial charge on any atom is -0.443 e. The highest BCUT2D eigenvalue weighted by Crippen LogP contribution is 2.21. The Kier molecular flexibility index (Phi) is 15.2. The summed E-state index contributed by atoms with van der Waals surface area (Å²) in [5.41, 5.74) is 2.42. The third-order valence-corrected chi connectivity index (χ3v) is 10.4. The number of carbonyl (C=O) groups excluding carboxylic acids is 3. The highest BCUT2D eigenvalue weighted by atomic mass is 32.1. The molecule has 1 fully saturated rings. The number of alkyl carbamates (subject to hydrolysis) is 1. The van der Waals surface area contributed by atoms with Crippen molar-refractivity contribution in [2.45, 2.75) is 97.7 Å². The molecule has 3 aromatic rings. The number of nitrogens with zero attached hydrogens (tertiary/aromatic N) is 3. The second-order valence-electron chi connectivity index (χ2n) is 15.5. The summed E-state index contributed by atoms with van der Waals surface area (Å²) in [7, 11) is 0. The second kappa shape index (κ2) is 19.3. The molecule has 1 saturated heterocycles. The van der Waals surface area contributed by atoms with Crippen molar-refractivity contribution in [3.8, 4) is 0 Å². The Bertz CT molecular complexity index is 1560. The lowest BCUT2D eigenvalue weighted by Gasteiger charge is -2.43. The number of benzene rings is 2. The molecule has 1 aliphatic heterocycles. The first-order chi connectivity index (χ1) is 24.7. The Hall–Kier alpha value is -3.84. The van der Waals surface area contributed by atoms with E-state index < -0.39 is 35.7 Å². The lowest BCUT2D eigenvalue weighted by Crippen LogP contribution is -2.63. The number of thiazole rings is 1. The molecule has 52 heavy (non-hydrogen) atoms. The monoisotopic (exact) mass is 734 g/mol. The van der Waals surface area contributed by atoms with Gasteiger partial charge < -0.3 is 25.8 Å². The van der Waals surface area contributed by atoms with Crippen LogP contribution in [-0.2, 0) is 33.9 Å². The van der Waals surface area contributed by atoms with E-state index in [2.05, 4.69) is 51.8 Å². The molecular formula is C40H58N6O5S. The van der Waals surface area contributed by atoms with Gasteiger partial charge in [-0.25, -0.2) is 9.78 Å². The van der Waals surface area contributed by atoms with Crippen LogP contribution in [0.5, 0.6) is 0 Å². The maximum absolute atomic E-state index is 13.9. The quantitative estimate of drug-likeness (QED) is 0.162. The van der Waals surface area contributed by atoms with Gasteiger partial charge >= 0.3 is 6.09 Å². The second-order valence-corrected chi connectivity index (χ2v) is 16.4. The van der Waals surface area contributed by atoms with Gasteiger partial charge in [0.2, 0.25) is 11.8 Å². The van der Waals surface area contributed by atoms with Crippen LogP contribution in [0.2, 0.25) is 0 Å². The molecule has 3 amide bonds. The smallest absolute Gasteiger partial charge is 0.407 e. The molecule has 0 radical (unpaired) electrons. The number of ether oxygens (including phenoxy) is 1. The van der Waals surface area contributed by atoms with E-state index in [1.165, 1.54) is 16.9 Å². The average molecular weight is 735 g/mol. The summed E-state index contributed by atoms with van der Waals surface area (Å²) in [6.07, 6.45) is -1.20. The maximum Gasteiger partial charge on any atom is 0.407 e. The number of piperazine rings is 1. The molecule has 0 spiro atoms. The van der Waals surface area contributed by atoms with E-state index in [4.69, 9.17) is 4.74 Å². The number of aliphatic hydroxyl groups is 1. The van der Waals surface area contributed by atoms with Gasteiger partial charge in [-0.15, -0.1) is 11.3 Å². The minimum atomic E-state index is -0.977. The van der Waals surface area contributed by atoms with Gasteiger partial charge in [-0.05, 0) is 44.2 Å². The molecule has 1 aliphatic rings. The van der Waals surface area contributed by atoms with Crippen LogP contribution in [0.4, 0.5) is 4.79 Å². The summed E-state index contributed by atoms with van der Waals surface area (Å²) in [6.45, 7) is 16.7. The fraction of sp³-hybridized carbons (Fsp3) is 0.550. The number of aliphatic hydroxyl groups excluding tert-OH is 1. The molecule has 0 bridgehead atoms. The lowest BCUT2D eigenvalue weighted by molar-refractivity contribution is -0.132. The van der Waals surface area contributed by atoms with Gasteiger partial charge in [-0.1, -0.05) is 88.4 Å². The zero-order valence-corrected chi connectivity index (χ0v) is 32.6. The first-order valence-electron chi connectivity index (χ1n) is 18.4. The SMILES string of the molecule is CC(C)c1nc(COC(=O)NC[C@@H](C(=O)N[C@H](Cc2ccccc2)[C@@H](O)CN2CCN(Cc3ccccc3)C[C@@H]2C(=O)NC(C)(C)C)C(C)C)cs1. The fourth-order valence-electron chi connectivity index (χ4n) is 6.26. The van der Waals surface area contributed by atoms with E-state index >= 15 is 0 Å². The van der Waals surface area contributed by atoms with Crippen molar-refractivity contribution < 1.29 is 24.2 Å². The summed E-state index contributed by atoms with van der Waals surface area (Å²) in [4.78, 5) is 49.0. The van der Waals surface area contributed by atoms with Crippen LogP contribution in [-0.4, -0.2) is 94.2 Å². The molecule has 0 aliphatic carbocycles. The van der Waals surface area contributed by atoms with Gasteiger partial charge in [0.15, 0.2) is 0 Å². The van der Waals surface area contributed by atoms with Crippen LogP contribution in [0.15, 0.2) is 66.0 Å². The predicted molar refractivity (Wildman–Crippen MR) is 206 cm³/mol. The van der Waals surface area contributed by atoms with Gasteiger partial charge in [0.05, 0.1) is 28.8 Å². The number of carbonyl (C=O) groups is 3. The summed E-state index contributed by atoms with van der Waals surface area (Å²) in [6, 6.07) is 18.8. The summed E-state index contributed by atoms with van der Waals surface area (Å²) < 4.78 is 5.39. The van der Waals surface area contributed by atoms with Crippen molar-refractivity contribution in [3.63, 3.8) is 0 Å². The molecular weight excluding hydrogens is 677 g/mol. The van der Waals surface area contributed by atoms with Gasteiger partial charge in [-0.2, -0.15) is 0 Å². The summed E-state index contributed by atoms with van der Waals surface area (Å²) in [5.74, 6) is -0.742. The van der Waals surface area contributed by atoms with Gasteiger partial charge in [0, 0.05) is 56.1 Å². The van der Waals surface area contributed by atoms with E-state index in [1.807, 2.05) is 93.4 Å². The molecule has 2 heterocycles.